The summed E-state index contributed by atoms with van der Waals surface area (Å²) in [6.45, 7) is 4.18. The van der Waals surface area contributed by atoms with Gasteiger partial charge in [0.25, 0.3) is 0 Å². The van der Waals surface area contributed by atoms with Crippen LogP contribution in [0.2, 0.25) is 0 Å². The van der Waals surface area contributed by atoms with Crippen LogP contribution in [-0.2, 0) is 0 Å². The molecule has 4 aromatic carbocycles. The number of aromatic nitrogens is 4. The second-order valence-corrected chi connectivity index (χ2v) is 11.5. The first kappa shape index (κ1) is 26.0. The van der Waals surface area contributed by atoms with Gasteiger partial charge in [-0.1, -0.05) is 120 Å². The summed E-state index contributed by atoms with van der Waals surface area (Å²) in [6.07, 6.45) is 0. The third kappa shape index (κ3) is 6.14. The number of aryl methyl sites for hydroxylation is 2. The molecular weight excluding hydrogens is 529 g/mol. The van der Waals surface area contributed by atoms with E-state index in [9.17, 15) is 0 Å². The summed E-state index contributed by atoms with van der Waals surface area (Å²) in [5.74, 6) is 0. The van der Waals surface area contributed by atoms with Gasteiger partial charge in [-0.15, -0.1) is 0 Å². The Hall–Kier alpha value is -4.26. The van der Waals surface area contributed by atoms with Gasteiger partial charge in [0, 0.05) is 22.3 Å². The summed E-state index contributed by atoms with van der Waals surface area (Å²) < 4.78 is 0. The third-order valence-electron chi connectivity index (χ3n) is 6.44. The van der Waals surface area contributed by atoms with Gasteiger partial charge in [0.05, 0.1) is 22.8 Å². The molecule has 0 atom stereocenters. The molecule has 0 N–H and O–H groups in total. The topological polar surface area (TPSA) is 51.6 Å². The summed E-state index contributed by atoms with van der Waals surface area (Å²) in [5.41, 5.74) is 10.2. The first-order chi connectivity index (χ1) is 19.6. The van der Waals surface area contributed by atoms with Gasteiger partial charge in [0.1, 0.15) is 0 Å². The van der Waals surface area contributed by atoms with Crippen LogP contribution < -0.4 is 0 Å². The van der Waals surface area contributed by atoms with E-state index in [0.29, 0.717) is 10.3 Å². The van der Waals surface area contributed by atoms with Crippen molar-refractivity contribution < 1.29 is 0 Å². The van der Waals surface area contributed by atoms with Gasteiger partial charge in [-0.05, 0) is 47.6 Å². The predicted octanol–water partition coefficient (Wildman–Crippen LogP) is 9.35. The van der Waals surface area contributed by atoms with E-state index in [-0.39, 0.29) is 0 Å². The SMILES string of the molecule is Cc1ccc(-c2cc(-c3ccccc3)nc(SSc3nc(-c4ccccc4)cc(-c4ccc(C)cc4)n3)n2)cc1. The molecule has 0 radical (unpaired) electrons. The van der Waals surface area contributed by atoms with E-state index in [1.165, 1.54) is 32.7 Å². The zero-order valence-electron chi connectivity index (χ0n) is 22.2. The highest BCUT2D eigenvalue weighted by atomic mass is 33.1. The standard InChI is InChI=1S/C34H26N4S2/c1-23-13-17-27(18-14-23)31-21-29(25-9-5-3-6-10-25)35-33(37-31)39-40-34-36-30(26-11-7-4-8-12-26)22-32(38-34)28-19-15-24(2)16-20-28/h3-22H,1-2H3. The molecular formula is C34H26N4S2. The number of hydrogen-bond donors (Lipinski definition) is 0. The van der Waals surface area contributed by atoms with Crippen LogP contribution in [0.3, 0.4) is 0 Å². The second kappa shape index (κ2) is 11.9. The fraction of sp³-hybridized carbons (Fsp3) is 0.0588. The van der Waals surface area contributed by atoms with Gasteiger partial charge in [-0.3, -0.25) is 0 Å². The van der Waals surface area contributed by atoms with Gasteiger partial charge < -0.3 is 0 Å². The van der Waals surface area contributed by atoms with Crippen LogP contribution in [0.15, 0.2) is 132 Å². The van der Waals surface area contributed by atoms with Gasteiger partial charge in [-0.25, -0.2) is 19.9 Å². The van der Waals surface area contributed by atoms with Crippen molar-refractivity contribution in [3.8, 4) is 45.0 Å². The van der Waals surface area contributed by atoms with Crippen molar-refractivity contribution in [2.75, 3.05) is 0 Å². The Morgan fingerprint density at radius 2 is 0.675 bits per heavy atom. The molecule has 0 saturated carbocycles. The Morgan fingerprint density at radius 3 is 1.00 bits per heavy atom. The van der Waals surface area contributed by atoms with Crippen LogP contribution in [0.25, 0.3) is 45.0 Å². The molecule has 0 saturated heterocycles. The number of rotatable bonds is 7. The maximum atomic E-state index is 4.92. The minimum absolute atomic E-state index is 0.660. The monoisotopic (exact) mass is 554 g/mol. The molecule has 0 amide bonds. The maximum Gasteiger partial charge on any atom is 0.199 e. The fourth-order valence-corrected chi connectivity index (χ4v) is 5.84. The Labute approximate surface area is 242 Å². The summed E-state index contributed by atoms with van der Waals surface area (Å²) in [7, 11) is 2.95. The van der Waals surface area contributed by atoms with Crippen LogP contribution in [0.1, 0.15) is 11.1 Å². The average molecular weight is 555 g/mol. The predicted molar refractivity (Wildman–Crippen MR) is 167 cm³/mol. The Kier molecular flexibility index (Phi) is 7.71. The lowest BCUT2D eigenvalue weighted by Crippen LogP contribution is -1.95. The normalized spacial score (nSPS) is 10.9. The fourth-order valence-electron chi connectivity index (χ4n) is 4.26. The molecule has 0 aliphatic heterocycles. The minimum atomic E-state index is 0.660. The summed E-state index contributed by atoms with van der Waals surface area (Å²) in [6, 6.07) is 41.4. The van der Waals surface area contributed by atoms with Crippen LogP contribution in [0.4, 0.5) is 0 Å². The average Bonchev–Trinajstić information content (AvgIpc) is 3.01. The highest BCUT2D eigenvalue weighted by Gasteiger charge is 2.14. The zero-order chi connectivity index (χ0) is 27.3. The van der Waals surface area contributed by atoms with E-state index < -0.39 is 0 Å². The molecule has 0 fully saturated rings. The van der Waals surface area contributed by atoms with E-state index in [1.54, 1.807) is 0 Å². The quantitative estimate of drug-likeness (QED) is 0.145. The van der Waals surface area contributed by atoms with Crippen molar-refractivity contribution in [3.63, 3.8) is 0 Å². The molecule has 6 rings (SSSR count). The minimum Gasteiger partial charge on any atom is -0.222 e. The smallest absolute Gasteiger partial charge is 0.199 e. The summed E-state index contributed by atoms with van der Waals surface area (Å²) in [4.78, 5) is 19.7. The first-order valence-electron chi connectivity index (χ1n) is 13.0. The summed E-state index contributed by atoms with van der Waals surface area (Å²) >= 11 is 0. The molecule has 0 bridgehead atoms. The van der Waals surface area contributed by atoms with Gasteiger partial charge >= 0.3 is 0 Å². The Bertz CT molecular complexity index is 1610. The molecule has 6 heteroatoms. The molecule has 0 aliphatic rings. The second-order valence-electron chi connectivity index (χ2n) is 9.47. The molecule has 0 aliphatic carbocycles. The first-order valence-corrected chi connectivity index (χ1v) is 15.1. The van der Waals surface area contributed by atoms with Crippen LogP contribution >= 0.6 is 21.6 Å². The van der Waals surface area contributed by atoms with Crippen molar-refractivity contribution in [1.29, 1.82) is 0 Å². The number of nitrogens with zero attached hydrogens (tertiary/aromatic N) is 4. The molecule has 4 nitrogen and oxygen atoms in total. The van der Waals surface area contributed by atoms with E-state index >= 15 is 0 Å². The molecule has 40 heavy (non-hydrogen) atoms. The van der Waals surface area contributed by atoms with Crippen molar-refractivity contribution in [3.05, 3.63) is 132 Å². The van der Waals surface area contributed by atoms with Crippen molar-refractivity contribution in [2.45, 2.75) is 24.2 Å². The van der Waals surface area contributed by atoms with Crippen molar-refractivity contribution in [2.24, 2.45) is 0 Å². The van der Waals surface area contributed by atoms with Gasteiger partial charge in [0.15, 0.2) is 10.3 Å². The van der Waals surface area contributed by atoms with Gasteiger partial charge in [0.2, 0.25) is 0 Å². The highest BCUT2D eigenvalue weighted by Crippen LogP contribution is 2.38. The van der Waals surface area contributed by atoms with Gasteiger partial charge in [-0.2, -0.15) is 0 Å². The lowest BCUT2D eigenvalue weighted by Gasteiger charge is -2.10. The molecule has 2 aromatic heterocycles. The molecule has 2 heterocycles. The zero-order valence-corrected chi connectivity index (χ0v) is 23.8. The van der Waals surface area contributed by atoms with E-state index in [4.69, 9.17) is 19.9 Å². The van der Waals surface area contributed by atoms with Crippen LogP contribution in [0, 0.1) is 13.8 Å². The third-order valence-corrected chi connectivity index (χ3v) is 8.33. The van der Waals surface area contributed by atoms with Crippen molar-refractivity contribution in [1.82, 2.24) is 19.9 Å². The maximum absolute atomic E-state index is 4.92. The summed E-state index contributed by atoms with van der Waals surface area (Å²) in [5, 5.41) is 1.32. The molecule has 0 spiro atoms. The van der Waals surface area contributed by atoms with E-state index in [1.807, 2.05) is 36.4 Å². The van der Waals surface area contributed by atoms with Crippen molar-refractivity contribution >= 4 is 21.6 Å². The van der Waals surface area contributed by atoms with E-state index in [2.05, 4.69) is 98.8 Å². The number of benzene rings is 4. The van der Waals surface area contributed by atoms with E-state index in [0.717, 1.165) is 45.0 Å². The van der Waals surface area contributed by atoms with Crippen LogP contribution in [-0.4, -0.2) is 19.9 Å². The lowest BCUT2D eigenvalue weighted by atomic mass is 10.1. The number of hydrogen-bond acceptors (Lipinski definition) is 6. The molecule has 194 valence electrons. The lowest BCUT2D eigenvalue weighted by molar-refractivity contribution is 0.978. The largest absolute Gasteiger partial charge is 0.222 e. The highest BCUT2D eigenvalue weighted by molar-refractivity contribution is 8.76. The Morgan fingerprint density at radius 1 is 0.375 bits per heavy atom. The van der Waals surface area contributed by atoms with Crippen LogP contribution in [0.5, 0.6) is 0 Å². The molecule has 6 aromatic rings. The Balaban J connectivity index is 1.37. The molecule has 0 unspecified atom stereocenters.